The lowest BCUT2D eigenvalue weighted by Gasteiger charge is -2.26. The van der Waals surface area contributed by atoms with Crippen LogP contribution in [-0.2, 0) is 19.1 Å². The van der Waals surface area contributed by atoms with Gasteiger partial charge in [0, 0.05) is 18.4 Å². The van der Waals surface area contributed by atoms with E-state index in [0.29, 0.717) is 11.3 Å². The van der Waals surface area contributed by atoms with Crippen LogP contribution in [0, 0.1) is 5.92 Å². The van der Waals surface area contributed by atoms with E-state index in [9.17, 15) is 9.59 Å². The predicted octanol–water partition coefficient (Wildman–Crippen LogP) is 1.22. The van der Waals surface area contributed by atoms with Crippen molar-refractivity contribution in [3.8, 4) is 0 Å². The summed E-state index contributed by atoms with van der Waals surface area (Å²) in [6.45, 7) is 3.21. The van der Waals surface area contributed by atoms with E-state index in [2.05, 4.69) is 0 Å². The van der Waals surface area contributed by atoms with Gasteiger partial charge in [-0.05, 0) is 6.08 Å². The van der Waals surface area contributed by atoms with Gasteiger partial charge in [0.1, 0.15) is 12.0 Å². The predicted molar refractivity (Wildman–Crippen MR) is 54.0 cm³/mol. The highest BCUT2D eigenvalue weighted by molar-refractivity contribution is 5.78. The molecule has 0 aliphatic heterocycles. The number of hydrogen-bond acceptors (Lipinski definition) is 4. The first-order chi connectivity index (χ1) is 7.08. The fourth-order valence-electron chi connectivity index (χ4n) is 1.54. The van der Waals surface area contributed by atoms with Crippen LogP contribution in [0.2, 0.25) is 0 Å². The third kappa shape index (κ3) is 2.68. The van der Waals surface area contributed by atoms with Crippen molar-refractivity contribution >= 4 is 12.3 Å². The Morgan fingerprint density at radius 3 is 2.67 bits per heavy atom. The van der Waals surface area contributed by atoms with Crippen LogP contribution in [0.1, 0.15) is 13.8 Å². The number of carbonyl (C=O) groups is 2. The summed E-state index contributed by atoms with van der Waals surface area (Å²) in [6.07, 6.45) is 3.65. The maximum absolute atomic E-state index is 10.9. The molecular formula is C11H14O4. The normalized spacial score (nSPS) is 25.0. The molecule has 1 aliphatic rings. The minimum absolute atomic E-state index is 0.0611. The first-order valence-electron chi connectivity index (χ1n) is 4.68. The van der Waals surface area contributed by atoms with Crippen molar-refractivity contribution in [2.24, 2.45) is 5.92 Å². The fourth-order valence-corrected chi connectivity index (χ4v) is 1.54. The van der Waals surface area contributed by atoms with Gasteiger partial charge in [-0.15, -0.1) is 0 Å². The zero-order chi connectivity index (χ0) is 11.4. The molecular weight excluding hydrogens is 196 g/mol. The molecule has 0 aromatic carbocycles. The average molecular weight is 210 g/mol. The Balaban J connectivity index is 2.91. The second-order valence-corrected chi connectivity index (χ2v) is 3.42. The Kier molecular flexibility index (Phi) is 3.66. The highest BCUT2D eigenvalue weighted by Gasteiger charge is 2.27. The third-order valence-electron chi connectivity index (χ3n) is 2.19. The van der Waals surface area contributed by atoms with E-state index in [-0.39, 0.29) is 11.9 Å². The average Bonchev–Trinajstić information content (AvgIpc) is 2.20. The van der Waals surface area contributed by atoms with Gasteiger partial charge in [0.2, 0.25) is 0 Å². The maximum Gasteiger partial charge on any atom is 0.303 e. The number of aldehydes is 1. The topological polar surface area (TPSA) is 52.6 Å². The summed E-state index contributed by atoms with van der Waals surface area (Å²) in [5.41, 5.74) is 0.544. The molecule has 0 radical (unpaired) electrons. The van der Waals surface area contributed by atoms with Crippen LogP contribution in [0.4, 0.5) is 0 Å². The van der Waals surface area contributed by atoms with Crippen LogP contribution < -0.4 is 0 Å². The lowest BCUT2D eigenvalue weighted by molar-refractivity contribution is -0.147. The second kappa shape index (κ2) is 4.77. The Bertz CT molecular complexity index is 327. The van der Waals surface area contributed by atoms with Crippen molar-refractivity contribution in [3.63, 3.8) is 0 Å². The number of ether oxygens (including phenoxy) is 2. The molecule has 82 valence electrons. The molecule has 0 amide bonds. The standard InChI is InChI=1S/C11H14O4/c1-7-4-9(6-12)5-10(14-3)11(7)15-8(2)13/h4-7,11H,1-3H3. The molecule has 0 bridgehead atoms. The fraction of sp³-hybridized carbons (Fsp3) is 0.455. The van der Waals surface area contributed by atoms with Crippen LogP contribution >= 0.6 is 0 Å². The van der Waals surface area contributed by atoms with Crippen LogP contribution in [0.5, 0.6) is 0 Å². The van der Waals surface area contributed by atoms with Crippen LogP contribution in [0.15, 0.2) is 23.5 Å². The van der Waals surface area contributed by atoms with Gasteiger partial charge in [0.25, 0.3) is 0 Å². The molecule has 0 heterocycles. The number of hydrogen-bond donors (Lipinski definition) is 0. The number of rotatable bonds is 3. The number of allylic oxidation sites excluding steroid dienone is 2. The second-order valence-electron chi connectivity index (χ2n) is 3.42. The molecule has 1 rings (SSSR count). The van der Waals surface area contributed by atoms with Crippen molar-refractivity contribution < 1.29 is 19.1 Å². The van der Waals surface area contributed by atoms with E-state index in [1.165, 1.54) is 14.0 Å². The molecule has 0 aromatic rings. The molecule has 2 atom stereocenters. The molecule has 0 saturated heterocycles. The summed E-state index contributed by atoms with van der Waals surface area (Å²) < 4.78 is 10.2. The van der Waals surface area contributed by atoms with Crippen molar-refractivity contribution in [2.75, 3.05) is 7.11 Å². The van der Waals surface area contributed by atoms with Gasteiger partial charge in [-0.2, -0.15) is 0 Å². The molecule has 4 heteroatoms. The first-order valence-corrected chi connectivity index (χ1v) is 4.68. The van der Waals surface area contributed by atoms with E-state index < -0.39 is 6.10 Å². The highest BCUT2D eigenvalue weighted by atomic mass is 16.6. The molecule has 0 aromatic heterocycles. The SMILES string of the molecule is COC1=CC(C=O)=CC(C)C1OC(C)=O. The summed E-state index contributed by atoms with van der Waals surface area (Å²) in [5, 5.41) is 0. The van der Waals surface area contributed by atoms with Gasteiger partial charge in [0.15, 0.2) is 6.10 Å². The van der Waals surface area contributed by atoms with Crippen molar-refractivity contribution in [1.29, 1.82) is 0 Å². The molecule has 15 heavy (non-hydrogen) atoms. The van der Waals surface area contributed by atoms with Gasteiger partial charge >= 0.3 is 5.97 Å². The maximum atomic E-state index is 10.9. The Labute approximate surface area is 88.6 Å². The van der Waals surface area contributed by atoms with Crippen molar-refractivity contribution in [2.45, 2.75) is 20.0 Å². The van der Waals surface area contributed by atoms with Gasteiger partial charge < -0.3 is 9.47 Å². The quantitative estimate of drug-likeness (QED) is 0.519. The summed E-state index contributed by atoms with van der Waals surface area (Å²) in [5.74, 6) is 0.0779. The van der Waals surface area contributed by atoms with Gasteiger partial charge in [0.05, 0.1) is 7.11 Å². The van der Waals surface area contributed by atoms with Crippen LogP contribution in [0.3, 0.4) is 0 Å². The molecule has 2 unspecified atom stereocenters. The highest BCUT2D eigenvalue weighted by Crippen LogP contribution is 2.25. The molecule has 0 fully saturated rings. The minimum Gasteiger partial charge on any atom is -0.497 e. The van der Waals surface area contributed by atoms with Gasteiger partial charge in [-0.25, -0.2) is 0 Å². The summed E-state index contributed by atoms with van der Waals surface area (Å²) >= 11 is 0. The lowest BCUT2D eigenvalue weighted by Crippen LogP contribution is -2.28. The zero-order valence-corrected chi connectivity index (χ0v) is 9.02. The Morgan fingerprint density at radius 1 is 1.53 bits per heavy atom. The summed E-state index contributed by atoms with van der Waals surface area (Å²) in [4.78, 5) is 21.5. The van der Waals surface area contributed by atoms with E-state index in [1.54, 1.807) is 12.2 Å². The summed E-state index contributed by atoms with van der Waals surface area (Å²) in [6, 6.07) is 0. The van der Waals surface area contributed by atoms with E-state index in [4.69, 9.17) is 9.47 Å². The largest absolute Gasteiger partial charge is 0.497 e. The van der Waals surface area contributed by atoms with E-state index >= 15 is 0 Å². The number of methoxy groups -OCH3 is 1. The first kappa shape index (κ1) is 11.5. The zero-order valence-electron chi connectivity index (χ0n) is 9.02. The number of carbonyl (C=O) groups excluding carboxylic acids is 2. The number of esters is 1. The van der Waals surface area contributed by atoms with Crippen LogP contribution in [-0.4, -0.2) is 25.5 Å². The molecule has 4 nitrogen and oxygen atoms in total. The van der Waals surface area contributed by atoms with E-state index in [0.717, 1.165) is 6.29 Å². The van der Waals surface area contributed by atoms with Gasteiger partial charge in [-0.3, -0.25) is 9.59 Å². The summed E-state index contributed by atoms with van der Waals surface area (Å²) in [7, 11) is 1.49. The molecule has 0 N–H and O–H groups in total. The Hall–Kier alpha value is -1.58. The van der Waals surface area contributed by atoms with Gasteiger partial charge in [-0.1, -0.05) is 13.0 Å². The third-order valence-corrected chi connectivity index (χ3v) is 2.19. The van der Waals surface area contributed by atoms with Crippen LogP contribution in [0.25, 0.3) is 0 Å². The van der Waals surface area contributed by atoms with E-state index in [1.807, 2.05) is 6.92 Å². The smallest absolute Gasteiger partial charge is 0.303 e. The van der Waals surface area contributed by atoms with Crippen molar-refractivity contribution in [3.05, 3.63) is 23.5 Å². The van der Waals surface area contributed by atoms with Crippen molar-refractivity contribution in [1.82, 2.24) is 0 Å². The minimum atomic E-state index is -0.434. The molecule has 1 aliphatic carbocycles. The lowest BCUT2D eigenvalue weighted by atomic mass is 9.94. The molecule has 0 saturated carbocycles. The Morgan fingerprint density at radius 2 is 2.20 bits per heavy atom. The monoisotopic (exact) mass is 210 g/mol. The molecule has 0 spiro atoms.